The summed E-state index contributed by atoms with van der Waals surface area (Å²) >= 11 is 1.47. The molecule has 2 fully saturated rings. The number of morpholine rings is 1. The molecule has 3 rings (SSSR count). The molecule has 0 spiro atoms. The number of nitrogens with zero attached hydrogens (tertiary/aromatic N) is 2. The summed E-state index contributed by atoms with van der Waals surface area (Å²) in [5.41, 5.74) is 0.217. The van der Waals surface area contributed by atoms with Crippen molar-refractivity contribution in [3.05, 3.63) is 22.4 Å². The number of hydrogen-bond acceptors (Lipinski definition) is 5. The number of carbonyl (C=O) groups excluding carboxylic acids is 1. The normalized spacial score (nSPS) is 20.2. The van der Waals surface area contributed by atoms with Gasteiger partial charge in [-0.3, -0.25) is 14.7 Å². The van der Waals surface area contributed by atoms with Crippen LogP contribution in [0, 0.1) is 0 Å². The molecule has 0 bridgehead atoms. The van der Waals surface area contributed by atoms with Crippen molar-refractivity contribution in [3.63, 3.8) is 0 Å². The summed E-state index contributed by atoms with van der Waals surface area (Å²) in [4.78, 5) is 19.7. The second-order valence-electron chi connectivity index (χ2n) is 7.82. The first-order valence-corrected chi connectivity index (χ1v) is 11.7. The van der Waals surface area contributed by atoms with Crippen LogP contribution in [0.25, 0.3) is 0 Å². The quantitative estimate of drug-likeness (QED) is 0.340. The van der Waals surface area contributed by atoms with Crippen LogP contribution in [0.15, 0.2) is 22.5 Å². The van der Waals surface area contributed by atoms with Gasteiger partial charge < -0.3 is 20.7 Å². The van der Waals surface area contributed by atoms with E-state index in [-0.39, 0.29) is 11.4 Å². The molecule has 162 valence electrons. The van der Waals surface area contributed by atoms with Gasteiger partial charge in [0, 0.05) is 45.3 Å². The van der Waals surface area contributed by atoms with Crippen LogP contribution >= 0.6 is 11.3 Å². The first-order chi connectivity index (χ1) is 14.2. The SMILES string of the molecule is CN=C(NCCCNC(=O)c1cccs1)NCC1(N2CCOCC2)CCCCC1. The molecule has 0 aromatic carbocycles. The number of thiophene rings is 1. The first kappa shape index (κ1) is 22.1. The van der Waals surface area contributed by atoms with Crippen LogP contribution in [0.1, 0.15) is 48.2 Å². The van der Waals surface area contributed by atoms with Crippen LogP contribution < -0.4 is 16.0 Å². The van der Waals surface area contributed by atoms with E-state index in [1.165, 1.54) is 43.4 Å². The molecule has 1 saturated carbocycles. The van der Waals surface area contributed by atoms with E-state index in [1.807, 2.05) is 24.6 Å². The van der Waals surface area contributed by atoms with E-state index < -0.39 is 0 Å². The number of aliphatic imine (C=N–C) groups is 1. The zero-order valence-corrected chi connectivity index (χ0v) is 18.4. The Kier molecular flexibility index (Phi) is 8.76. The molecule has 0 radical (unpaired) electrons. The number of rotatable bonds is 8. The van der Waals surface area contributed by atoms with Gasteiger partial charge >= 0.3 is 0 Å². The van der Waals surface area contributed by atoms with Gasteiger partial charge in [0.2, 0.25) is 0 Å². The van der Waals surface area contributed by atoms with Gasteiger partial charge in [0.1, 0.15) is 0 Å². The maximum atomic E-state index is 12.0. The topological polar surface area (TPSA) is 78.0 Å². The lowest BCUT2D eigenvalue weighted by atomic mass is 9.80. The summed E-state index contributed by atoms with van der Waals surface area (Å²) in [5.74, 6) is 0.847. The van der Waals surface area contributed by atoms with Crippen molar-refractivity contribution < 1.29 is 9.53 Å². The molecule has 0 atom stereocenters. The molecule has 29 heavy (non-hydrogen) atoms. The fourth-order valence-corrected chi connectivity index (χ4v) is 4.95. The largest absolute Gasteiger partial charge is 0.379 e. The Morgan fingerprint density at radius 1 is 1.17 bits per heavy atom. The van der Waals surface area contributed by atoms with Crippen LogP contribution in [0.3, 0.4) is 0 Å². The van der Waals surface area contributed by atoms with Gasteiger partial charge in [0.05, 0.1) is 18.1 Å². The highest BCUT2D eigenvalue weighted by molar-refractivity contribution is 7.12. The molecule has 1 aliphatic carbocycles. The van der Waals surface area contributed by atoms with E-state index in [0.717, 1.165) is 56.7 Å². The average Bonchev–Trinajstić information content (AvgIpc) is 3.32. The van der Waals surface area contributed by atoms with Crippen LogP contribution in [-0.2, 0) is 4.74 Å². The number of nitrogens with one attached hydrogen (secondary N) is 3. The van der Waals surface area contributed by atoms with Gasteiger partial charge in [-0.1, -0.05) is 25.3 Å². The van der Waals surface area contributed by atoms with Gasteiger partial charge in [0.15, 0.2) is 5.96 Å². The highest BCUT2D eigenvalue weighted by Crippen LogP contribution is 2.33. The van der Waals surface area contributed by atoms with Gasteiger partial charge in [-0.2, -0.15) is 0 Å². The van der Waals surface area contributed by atoms with E-state index in [1.54, 1.807) is 0 Å². The van der Waals surface area contributed by atoms with E-state index in [4.69, 9.17) is 4.74 Å². The predicted octanol–water partition coefficient (Wildman–Crippen LogP) is 2.07. The number of amides is 1. The average molecular weight is 422 g/mol. The Morgan fingerprint density at radius 2 is 1.93 bits per heavy atom. The smallest absolute Gasteiger partial charge is 0.261 e. The molecule has 0 unspecified atom stereocenters. The molecular formula is C21H35N5O2S. The van der Waals surface area contributed by atoms with Gasteiger partial charge in [-0.05, 0) is 30.7 Å². The van der Waals surface area contributed by atoms with Crippen molar-refractivity contribution in [3.8, 4) is 0 Å². The summed E-state index contributed by atoms with van der Waals surface area (Å²) in [5, 5.41) is 11.8. The van der Waals surface area contributed by atoms with E-state index >= 15 is 0 Å². The Morgan fingerprint density at radius 3 is 2.62 bits per heavy atom. The van der Waals surface area contributed by atoms with Crippen molar-refractivity contribution in [1.29, 1.82) is 0 Å². The Labute approximate surface area is 178 Å². The fraction of sp³-hybridized carbons (Fsp3) is 0.714. The molecule has 2 heterocycles. The highest BCUT2D eigenvalue weighted by atomic mass is 32.1. The maximum Gasteiger partial charge on any atom is 0.261 e. The lowest BCUT2D eigenvalue weighted by Gasteiger charge is -2.48. The lowest BCUT2D eigenvalue weighted by molar-refractivity contribution is -0.0352. The van der Waals surface area contributed by atoms with Crippen LogP contribution in [0.5, 0.6) is 0 Å². The van der Waals surface area contributed by atoms with Crippen molar-refractivity contribution in [1.82, 2.24) is 20.9 Å². The third-order valence-corrected chi connectivity index (χ3v) is 6.82. The minimum atomic E-state index is 0.00672. The number of guanidine groups is 1. The summed E-state index contributed by atoms with van der Waals surface area (Å²) in [6.45, 7) is 6.07. The highest BCUT2D eigenvalue weighted by Gasteiger charge is 2.38. The fourth-order valence-electron chi connectivity index (χ4n) is 4.31. The molecule has 1 amide bonds. The summed E-state index contributed by atoms with van der Waals surface area (Å²) < 4.78 is 5.57. The number of hydrogen-bond donors (Lipinski definition) is 3. The maximum absolute atomic E-state index is 12.0. The standard InChI is InChI=1S/C21H35N5O2S/c1-22-20(24-11-6-10-23-19(27)18-7-5-16-29-18)25-17-21(8-3-2-4-9-21)26-12-14-28-15-13-26/h5,7,16H,2-4,6,8-15,17H2,1H3,(H,23,27)(H2,22,24,25). The van der Waals surface area contributed by atoms with Crippen LogP contribution in [0.4, 0.5) is 0 Å². The molecule has 1 aliphatic heterocycles. The first-order valence-electron chi connectivity index (χ1n) is 10.8. The zero-order valence-electron chi connectivity index (χ0n) is 17.5. The van der Waals surface area contributed by atoms with Crippen LogP contribution in [-0.4, -0.2) is 75.3 Å². The second-order valence-corrected chi connectivity index (χ2v) is 8.77. The summed E-state index contributed by atoms with van der Waals surface area (Å²) in [6.07, 6.45) is 7.28. The van der Waals surface area contributed by atoms with Crippen molar-refractivity contribution in [2.24, 2.45) is 4.99 Å². The minimum Gasteiger partial charge on any atom is -0.379 e. The second kappa shape index (κ2) is 11.5. The summed E-state index contributed by atoms with van der Waals surface area (Å²) in [6, 6.07) is 3.74. The van der Waals surface area contributed by atoms with Crippen LogP contribution in [0.2, 0.25) is 0 Å². The molecule has 7 nitrogen and oxygen atoms in total. The Bertz CT molecular complexity index is 638. The molecule has 1 aromatic rings. The molecule has 1 aromatic heterocycles. The molecule has 8 heteroatoms. The zero-order chi connectivity index (χ0) is 20.4. The predicted molar refractivity (Wildman–Crippen MR) is 119 cm³/mol. The Balaban J connectivity index is 1.39. The molecule has 1 saturated heterocycles. The lowest BCUT2D eigenvalue weighted by Crippen LogP contribution is -2.60. The summed E-state index contributed by atoms with van der Waals surface area (Å²) in [7, 11) is 1.82. The Hall–Kier alpha value is -1.64. The van der Waals surface area contributed by atoms with Gasteiger partial charge in [-0.25, -0.2) is 0 Å². The molecule has 2 aliphatic rings. The van der Waals surface area contributed by atoms with Crippen molar-refractivity contribution >= 4 is 23.2 Å². The third kappa shape index (κ3) is 6.42. The third-order valence-electron chi connectivity index (χ3n) is 5.95. The number of ether oxygens (including phenoxy) is 1. The monoisotopic (exact) mass is 421 g/mol. The van der Waals surface area contributed by atoms with E-state index in [9.17, 15) is 4.79 Å². The van der Waals surface area contributed by atoms with Crippen molar-refractivity contribution in [2.45, 2.75) is 44.1 Å². The minimum absolute atomic E-state index is 0.00672. The number of carbonyl (C=O) groups is 1. The van der Waals surface area contributed by atoms with E-state index in [0.29, 0.717) is 6.54 Å². The van der Waals surface area contributed by atoms with Crippen molar-refractivity contribution in [2.75, 3.05) is 53.0 Å². The van der Waals surface area contributed by atoms with E-state index in [2.05, 4.69) is 25.8 Å². The molecular weight excluding hydrogens is 386 g/mol. The molecule has 3 N–H and O–H groups in total. The van der Waals surface area contributed by atoms with Gasteiger partial charge in [0.25, 0.3) is 5.91 Å². The van der Waals surface area contributed by atoms with Gasteiger partial charge in [-0.15, -0.1) is 11.3 Å².